The lowest BCUT2D eigenvalue weighted by atomic mass is 9.88. The van der Waals surface area contributed by atoms with E-state index in [1.807, 2.05) is 6.07 Å². The first-order valence-corrected chi connectivity index (χ1v) is 8.24. The molecule has 0 saturated carbocycles. The summed E-state index contributed by atoms with van der Waals surface area (Å²) in [5.74, 6) is -1.93. The van der Waals surface area contributed by atoms with Crippen LogP contribution in [0.5, 0.6) is 0 Å². The van der Waals surface area contributed by atoms with Gasteiger partial charge >= 0.3 is 5.97 Å². The highest BCUT2D eigenvalue weighted by Gasteiger charge is 2.31. The molecule has 4 nitrogen and oxygen atoms in total. The van der Waals surface area contributed by atoms with Crippen molar-refractivity contribution in [2.24, 2.45) is 0 Å². The highest BCUT2D eigenvalue weighted by atomic mass is 79.9. The Morgan fingerprint density at radius 2 is 1.88 bits per heavy atom. The topological polar surface area (TPSA) is 67.2 Å². The Morgan fingerprint density at radius 1 is 1.21 bits per heavy atom. The minimum Gasteiger partial charge on any atom is -0.465 e. The second kappa shape index (κ2) is 7.89. The molecule has 0 aliphatic carbocycles. The van der Waals surface area contributed by atoms with E-state index in [0.29, 0.717) is 22.3 Å². The van der Waals surface area contributed by atoms with Crippen molar-refractivity contribution >= 4 is 27.7 Å². The van der Waals surface area contributed by atoms with Gasteiger partial charge < -0.3 is 4.74 Å². The SMILES string of the molecule is CCOC(=O)C(C(=O)c1ccc(C#N)cc1C)c1ccc(Br)cc1. The molecule has 24 heavy (non-hydrogen) atoms. The summed E-state index contributed by atoms with van der Waals surface area (Å²) in [5.41, 5.74) is 2.12. The van der Waals surface area contributed by atoms with Crippen LogP contribution in [-0.2, 0) is 9.53 Å². The summed E-state index contributed by atoms with van der Waals surface area (Å²) < 4.78 is 5.95. The Bertz CT molecular complexity index is 806. The molecule has 0 fully saturated rings. The van der Waals surface area contributed by atoms with Gasteiger partial charge in [-0.3, -0.25) is 9.59 Å². The van der Waals surface area contributed by atoms with Crippen molar-refractivity contribution in [1.29, 1.82) is 5.26 Å². The van der Waals surface area contributed by atoms with Crippen LogP contribution in [0.25, 0.3) is 0 Å². The molecule has 0 saturated heterocycles. The molecule has 0 spiro atoms. The van der Waals surface area contributed by atoms with E-state index in [0.717, 1.165) is 4.47 Å². The summed E-state index contributed by atoms with van der Waals surface area (Å²) in [7, 11) is 0. The van der Waals surface area contributed by atoms with Crippen molar-refractivity contribution in [3.8, 4) is 6.07 Å². The van der Waals surface area contributed by atoms with E-state index in [4.69, 9.17) is 10.00 Å². The Kier molecular flexibility index (Phi) is 5.88. The van der Waals surface area contributed by atoms with Crippen molar-refractivity contribution in [3.05, 3.63) is 69.2 Å². The van der Waals surface area contributed by atoms with E-state index in [-0.39, 0.29) is 12.4 Å². The van der Waals surface area contributed by atoms with E-state index in [9.17, 15) is 9.59 Å². The monoisotopic (exact) mass is 385 g/mol. The first kappa shape index (κ1) is 17.9. The predicted octanol–water partition coefficient (Wildman–Crippen LogP) is 4.16. The highest BCUT2D eigenvalue weighted by Crippen LogP contribution is 2.26. The maximum atomic E-state index is 13.0. The molecule has 0 radical (unpaired) electrons. The van der Waals surface area contributed by atoms with Crippen LogP contribution in [0.15, 0.2) is 46.9 Å². The molecule has 5 heteroatoms. The average Bonchev–Trinajstić information content (AvgIpc) is 2.56. The van der Waals surface area contributed by atoms with Gasteiger partial charge in [-0.15, -0.1) is 0 Å². The van der Waals surface area contributed by atoms with Crippen LogP contribution < -0.4 is 0 Å². The smallest absolute Gasteiger partial charge is 0.321 e. The summed E-state index contributed by atoms with van der Waals surface area (Å²) in [5, 5.41) is 8.95. The predicted molar refractivity (Wildman–Crippen MR) is 93.7 cm³/mol. The van der Waals surface area contributed by atoms with E-state index in [1.54, 1.807) is 56.3 Å². The zero-order valence-corrected chi connectivity index (χ0v) is 15.0. The number of carbonyl (C=O) groups is 2. The van der Waals surface area contributed by atoms with Crippen LogP contribution in [0.4, 0.5) is 0 Å². The molecule has 0 aliphatic rings. The van der Waals surface area contributed by atoms with Gasteiger partial charge in [0.25, 0.3) is 0 Å². The Morgan fingerprint density at radius 3 is 2.42 bits per heavy atom. The number of halogens is 1. The fraction of sp³-hybridized carbons (Fsp3) is 0.211. The van der Waals surface area contributed by atoms with Crippen molar-refractivity contribution in [2.45, 2.75) is 19.8 Å². The van der Waals surface area contributed by atoms with E-state index in [1.165, 1.54) is 0 Å². The molecular weight excluding hydrogens is 370 g/mol. The fourth-order valence-corrected chi connectivity index (χ4v) is 2.70. The van der Waals surface area contributed by atoms with Crippen LogP contribution in [-0.4, -0.2) is 18.4 Å². The van der Waals surface area contributed by atoms with Gasteiger partial charge in [-0.25, -0.2) is 0 Å². The summed E-state index contributed by atoms with van der Waals surface area (Å²) in [6, 6.07) is 13.8. The van der Waals surface area contributed by atoms with Crippen LogP contribution in [0.3, 0.4) is 0 Å². The molecule has 1 unspecified atom stereocenters. The number of Topliss-reactive ketones (excluding diaryl/α,β-unsaturated/α-hetero) is 1. The van der Waals surface area contributed by atoms with E-state index < -0.39 is 11.9 Å². The molecule has 122 valence electrons. The zero-order valence-electron chi connectivity index (χ0n) is 13.4. The number of rotatable bonds is 5. The van der Waals surface area contributed by atoms with Gasteiger partial charge in [0.15, 0.2) is 5.78 Å². The van der Waals surface area contributed by atoms with Crippen LogP contribution >= 0.6 is 15.9 Å². The number of ether oxygens (including phenoxy) is 1. The maximum Gasteiger partial charge on any atom is 0.321 e. The van der Waals surface area contributed by atoms with Gasteiger partial charge in [0, 0.05) is 10.0 Å². The largest absolute Gasteiger partial charge is 0.465 e. The van der Waals surface area contributed by atoms with E-state index in [2.05, 4.69) is 15.9 Å². The van der Waals surface area contributed by atoms with Gasteiger partial charge in [0.1, 0.15) is 5.92 Å². The summed E-state index contributed by atoms with van der Waals surface area (Å²) in [6.07, 6.45) is 0. The number of esters is 1. The first-order valence-electron chi connectivity index (χ1n) is 7.45. The standard InChI is InChI=1S/C19H16BrNO3/c1-3-24-19(23)17(14-5-7-15(20)8-6-14)18(22)16-9-4-13(11-21)10-12(16)2/h4-10,17H,3H2,1-2H3. The average molecular weight is 386 g/mol. The third-order valence-electron chi connectivity index (χ3n) is 3.61. The Hall–Kier alpha value is -2.45. The van der Waals surface area contributed by atoms with E-state index >= 15 is 0 Å². The number of hydrogen-bond donors (Lipinski definition) is 0. The molecule has 0 amide bonds. The molecule has 0 N–H and O–H groups in total. The highest BCUT2D eigenvalue weighted by molar-refractivity contribution is 9.10. The van der Waals surface area contributed by atoms with Crippen molar-refractivity contribution in [2.75, 3.05) is 6.61 Å². The lowest BCUT2D eigenvalue weighted by Gasteiger charge is -2.16. The van der Waals surface area contributed by atoms with Crippen molar-refractivity contribution in [1.82, 2.24) is 0 Å². The molecule has 0 aliphatic heterocycles. The van der Waals surface area contributed by atoms with Gasteiger partial charge in [-0.1, -0.05) is 28.1 Å². The van der Waals surface area contributed by atoms with Crippen LogP contribution in [0.2, 0.25) is 0 Å². The van der Waals surface area contributed by atoms with Crippen molar-refractivity contribution < 1.29 is 14.3 Å². The maximum absolute atomic E-state index is 13.0. The number of carbonyl (C=O) groups excluding carboxylic acids is 2. The molecule has 2 aromatic carbocycles. The molecule has 0 bridgehead atoms. The number of aryl methyl sites for hydroxylation is 1. The Labute approximate surface area is 149 Å². The fourth-order valence-electron chi connectivity index (χ4n) is 2.44. The minimum absolute atomic E-state index is 0.200. The lowest BCUT2D eigenvalue weighted by molar-refractivity contribution is -0.143. The quantitative estimate of drug-likeness (QED) is 0.440. The zero-order chi connectivity index (χ0) is 17.7. The van der Waals surface area contributed by atoms with Crippen molar-refractivity contribution in [3.63, 3.8) is 0 Å². The number of hydrogen-bond acceptors (Lipinski definition) is 4. The summed E-state index contributed by atoms with van der Waals surface area (Å²) in [4.78, 5) is 25.3. The van der Waals surface area contributed by atoms with Crippen LogP contribution in [0, 0.1) is 18.3 Å². The lowest BCUT2D eigenvalue weighted by Crippen LogP contribution is -2.25. The second-order valence-electron chi connectivity index (χ2n) is 5.24. The van der Waals surface area contributed by atoms with Gasteiger partial charge in [-0.05, 0) is 55.3 Å². The first-order chi connectivity index (χ1) is 11.5. The molecule has 1 atom stereocenters. The normalized spacial score (nSPS) is 11.4. The summed E-state index contributed by atoms with van der Waals surface area (Å²) >= 11 is 3.34. The van der Waals surface area contributed by atoms with Gasteiger partial charge in [0.05, 0.1) is 18.2 Å². The molecule has 0 aromatic heterocycles. The minimum atomic E-state index is -1.02. The molecular formula is C19H16BrNO3. The van der Waals surface area contributed by atoms with Gasteiger partial charge in [0.2, 0.25) is 0 Å². The summed E-state index contributed by atoms with van der Waals surface area (Å²) in [6.45, 7) is 3.65. The third-order valence-corrected chi connectivity index (χ3v) is 4.14. The number of ketones is 1. The Balaban J connectivity index is 2.47. The van der Waals surface area contributed by atoms with Gasteiger partial charge in [-0.2, -0.15) is 5.26 Å². The molecule has 2 rings (SSSR count). The second-order valence-corrected chi connectivity index (χ2v) is 6.16. The van der Waals surface area contributed by atoms with Crippen LogP contribution in [0.1, 0.15) is 39.9 Å². The number of nitrogens with zero attached hydrogens (tertiary/aromatic N) is 1. The number of benzene rings is 2. The molecule has 2 aromatic rings. The third kappa shape index (κ3) is 3.90. The number of nitriles is 1. The molecule has 0 heterocycles.